The number of nitrogens with one attached hydrogen (secondary N) is 3. The van der Waals surface area contributed by atoms with E-state index in [4.69, 9.17) is 5.73 Å². The molecule has 5 aromatic carbocycles. The van der Waals surface area contributed by atoms with Crippen LogP contribution in [0.5, 0.6) is 11.5 Å². The predicted octanol–water partition coefficient (Wildman–Crippen LogP) is 3.05. The standard InChI is InChI=1S/C31H24N8O8S/c32-23-15-21(40)9-11-24(23)36-34-20-7-5-18(6-8-20)33-31(44)17-1-3-19(4-2-17)35-39-29-28(42)14-12-25(30(29)43)37-38-26-16-22(48(45,46)47)10-13-27(26)41/h1-16,35,38,40-41H,32H2,(H,33,44)(H,45,46,47)/b36-34?,37-25-,39-29+. The molecule has 17 heteroatoms. The van der Waals surface area contributed by atoms with Gasteiger partial charge in [0.1, 0.15) is 22.5 Å². The van der Waals surface area contributed by atoms with Gasteiger partial charge < -0.3 is 21.3 Å². The van der Waals surface area contributed by atoms with Crippen molar-refractivity contribution in [3.05, 3.63) is 134 Å². The molecule has 0 aliphatic heterocycles. The average Bonchev–Trinajstić information content (AvgIpc) is 3.05. The number of nitrogen functional groups attached to an aromatic ring is 1. The van der Waals surface area contributed by atoms with Crippen LogP contribution in [0.15, 0.2) is 132 Å². The van der Waals surface area contributed by atoms with Gasteiger partial charge in [-0.05, 0) is 91.0 Å². The molecule has 0 heterocycles. The fourth-order valence-corrected chi connectivity index (χ4v) is 4.50. The first-order chi connectivity index (χ1) is 22.9. The number of benzene rings is 5. The summed E-state index contributed by atoms with van der Waals surface area (Å²) in [5.41, 5.74) is 11.2. The van der Waals surface area contributed by atoms with Gasteiger partial charge in [0.2, 0.25) is 10.9 Å². The molecule has 0 unspecified atom stereocenters. The fourth-order valence-electron chi connectivity index (χ4n) is 4.00. The van der Waals surface area contributed by atoms with Crippen LogP contribution in [0.2, 0.25) is 0 Å². The Balaban J connectivity index is 1.25. The van der Waals surface area contributed by atoms with Crippen LogP contribution in [-0.4, -0.2) is 29.1 Å². The fraction of sp³-hybridized carbons (Fsp3) is 0. The molecule has 0 bridgehead atoms. The van der Waals surface area contributed by atoms with Gasteiger partial charge >= 0.3 is 0 Å². The molecule has 5 rings (SSSR count). The largest absolute Gasteiger partial charge is 0.508 e. The van der Waals surface area contributed by atoms with Gasteiger partial charge in [-0.15, -0.1) is 5.11 Å². The third-order valence-electron chi connectivity index (χ3n) is 6.49. The van der Waals surface area contributed by atoms with Crippen molar-refractivity contribution in [3.8, 4) is 11.5 Å². The highest BCUT2D eigenvalue weighted by Crippen LogP contribution is 2.28. The Hall–Kier alpha value is -6.72. The maximum absolute atomic E-state index is 12.9. The molecule has 0 saturated heterocycles. The Kier molecular flexibility index (Phi) is 9.34. The third-order valence-corrected chi connectivity index (χ3v) is 7.34. The van der Waals surface area contributed by atoms with Crippen molar-refractivity contribution in [2.24, 2.45) is 20.4 Å². The molecule has 0 aliphatic rings. The van der Waals surface area contributed by atoms with E-state index in [9.17, 15) is 37.6 Å². The minimum absolute atomic E-state index is 0.0170. The number of nitrogens with two attached hydrogens (primary N) is 1. The van der Waals surface area contributed by atoms with Crippen LogP contribution in [-0.2, 0) is 10.1 Å². The van der Waals surface area contributed by atoms with Gasteiger partial charge in [0, 0.05) is 17.3 Å². The van der Waals surface area contributed by atoms with Crippen LogP contribution < -0.4 is 43.5 Å². The summed E-state index contributed by atoms with van der Waals surface area (Å²) in [7, 11) is -4.57. The van der Waals surface area contributed by atoms with Crippen molar-refractivity contribution in [1.82, 2.24) is 0 Å². The van der Waals surface area contributed by atoms with Crippen LogP contribution in [0.1, 0.15) is 10.4 Å². The lowest BCUT2D eigenvalue weighted by Crippen LogP contribution is -2.47. The summed E-state index contributed by atoms with van der Waals surface area (Å²) >= 11 is 0. The zero-order valence-corrected chi connectivity index (χ0v) is 25.2. The minimum Gasteiger partial charge on any atom is -0.508 e. The molecule has 5 aromatic rings. The molecule has 16 nitrogen and oxygen atoms in total. The first-order valence-corrected chi connectivity index (χ1v) is 15.1. The zero-order chi connectivity index (χ0) is 34.4. The number of hydrogen-bond donors (Lipinski definition) is 7. The summed E-state index contributed by atoms with van der Waals surface area (Å²) in [4.78, 5) is 37.5. The number of phenolic OH excluding ortho intramolecular Hbond substituents is 2. The Morgan fingerprint density at radius 1 is 0.750 bits per heavy atom. The lowest BCUT2D eigenvalue weighted by Gasteiger charge is -2.06. The molecular formula is C31H24N8O8S. The maximum atomic E-state index is 12.9. The minimum atomic E-state index is -4.57. The smallest absolute Gasteiger partial charge is 0.294 e. The van der Waals surface area contributed by atoms with Crippen molar-refractivity contribution in [1.29, 1.82) is 0 Å². The highest BCUT2D eigenvalue weighted by molar-refractivity contribution is 7.85. The highest BCUT2D eigenvalue weighted by Gasteiger charge is 2.13. The van der Waals surface area contributed by atoms with Gasteiger partial charge in [-0.25, -0.2) is 0 Å². The number of carbonyl (C=O) groups is 1. The van der Waals surface area contributed by atoms with Crippen LogP contribution in [0.4, 0.5) is 34.1 Å². The van der Waals surface area contributed by atoms with E-state index in [-0.39, 0.29) is 22.5 Å². The molecule has 0 aliphatic carbocycles. The van der Waals surface area contributed by atoms with Gasteiger partial charge in [-0.3, -0.25) is 29.8 Å². The Morgan fingerprint density at radius 3 is 2.15 bits per heavy atom. The number of anilines is 4. The van der Waals surface area contributed by atoms with E-state index in [1.807, 2.05) is 0 Å². The molecule has 0 atom stereocenters. The summed E-state index contributed by atoms with van der Waals surface area (Å²) < 4.78 is 32.0. The molecule has 0 fully saturated rings. The van der Waals surface area contributed by atoms with Gasteiger partial charge in [0.15, 0.2) is 5.36 Å². The van der Waals surface area contributed by atoms with Gasteiger partial charge in [-0.1, -0.05) is 0 Å². The monoisotopic (exact) mass is 668 g/mol. The summed E-state index contributed by atoms with van der Waals surface area (Å²) in [6, 6.07) is 21.9. The van der Waals surface area contributed by atoms with E-state index < -0.39 is 42.9 Å². The SMILES string of the molecule is Nc1cc(O)ccc1N=Nc1ccc(NC(=O)c2ccc(N/N=c3\c(=O)cc/c(=N/Nc4cc(S(=O)(=O)O)ccc4O)c3=O)cc2)cc1. The molecule has 0 aromatic heterocycles. The number of azo groups is 1. The Labute approximate surface area is 270 Å². The number of carbonyl (C=O) groups excluding carboxylic acids is 1. The first-order valence-electron chi connectivity index (χ1n) is 13.6. The highest BCUT2D eigenvalue weighted by atomic mass is 32.2. The quantitative estimate of drug-likeness (QED) is 0.0395. The van der Waals surface area contributed by atoms with Crippen molar-refractivity contribution in [3.63, 3.8) is 0 Å². The van der Waals surface area contributed by atoms with E-state index in [0.29, 0.717) is 28.3 Å². The lowest BCUT2D eigenvalue weighted by molar-refractivity contribution is 0.102. The molecule has 0 spiro atoms. The molecule has 0 radical (unpaired) electrons. The van der Waals surface area contributed by atoms with E-state index in [1.165, 1.54) is 42.5 Å². The van der Waals surface area contributed by atoms with Crippen molar-refractivity contribution >= 4 is 50.1 Å². The first kappa shape index (κ1) is 32.7. The summed E-state index contributed by atoms with van der Waals surface area (Å²) in [6.07, 6.45) is 0. The van der Waals surface area contributed by atoms with Crippen molar-refractivity contribution in [2.75, 3.05) is 21.9 Å². The normalized spacial score (nSPS) is 12.3. The number of rotatable bonds is 9. The molecule has 1 amide bonds. The van der Waals surface area contributed by atoms with Gasteiger partial charge in [0.25, 0.3) is 16.0 Å². The second kappa shape index (κ2) is 13.7. The van der Waals surface area contributed by atoms with E-state index in [0.717, 1.165) is 30.3 Å². The van der Waals surface area contributed by atoms with Crippen LogP contribution in [0.3, 0.4) is 0 Å². The number of phenols is 2. The summed E-state index contributed by atoms with van der Waals surface area (Å²) in [5.74, 6) is -0.816. The van der Waals surface area contributed by atoms with Gasteiger partial charge in [-0.2, -0.15) is 23.7 Å². The zero-order valence-electron chi connectivity index (χ0n) is 24.4. The van der Waals surface area contributed by atoms with Crippen molar-refractivity contribution < 1.29 is 28.0 Å². The summed E-state index contributed by atoms with van der Waals surface area (Å²) in [6.45, 7) is 0. The van der Waals surface area contributed by atoms with Gasteiger partial charge in [0.05, 0.1) is 27.6 Å². The number of nitrogens with zero attached hydrogens (tertiary/aromatic N) is 4. The predicted molar refractivity (Wildman–Crippen MR) is 175 cm³/mol. The van der Waals surface area contributed by atoms with E-state index in [2.05, 4.69) is 36.6 Å². The molecule has 48 heavy (non-hydrogen) atoms. The second-order valence-corrected chi connectivity index (χ2v) is 11.3. The number of hydrogen-bond acceptors (Lipinski definition) is 14. The average molecular weight is 669 g/mol. The number of aromatic hydroxyl groups is 2. The van der Waals surface area contributed by atoms with Crippen LogP contribution in [0, 0.1) is 0 Å². The summed E-state index contributed by atoms with van der Waals surface area (Å²) in [5, 5.41) is 37.2. The van der Waals surface area contributed by atoms with Crippen LogP contribution >= 0.6 is 0 Å². The Morgan fingerprint density at radius 2 is 1.46 bits per heavy atom. The molecular weight excluding hydrogens is 644 g/mol. The van der Waals surface area contributed by atoms with E-state index in [1.54, 1.807) is 24.3 Å². The van der Waals surface area contributed by atoms with Crippen molar-refractivity contribution in [2.45, 2.75) is 4.90 Å². The second-order valence-electron chi connectivity index (χ2n) is 9.88. The molecule has 242 valence electrons. The Bertz CT molecular complexity index is 2390. The maximum Gasteiger partial charge on any atom is 0.294 e. The van der Waals surface area contributed by atoms with E-state index >= 15 is 0 Å². The number of amides is 1. The third kappa shape index (κ3) is 7.91. The van der Waals surface area contributed by atoms with Crippen LogP contribution in [0.25, 0.3) is 0 Å². The molecule has 8 N–H and O–H groups in total. The lowest BCUT2D eigenvalue weighted by atomic mass is 10.2. The topological polar surface area (TPSA) is 258 Å². The molecule has 0 saturated carbocycles.